The maximum absolute atomic E-state index is 12.5. The second-order valence-electron chi connectivity index (χ2n) is 5.59. The summed E-state index contributed by atoms with van der Waals surface area (Å²) in [6.07, 6.45) is 3.42. The molecule has 1 heterocycles. The molecular weight excluding hydrogens is 306 g/mol. The number of para-hydroxylation sites is 1. The molecule has 0 bridgehead atoms. The van der Waals surface area contributed by atoms with Crippen LogP contribution < -0.4 is 10.3 Å². The largest absolute Gasteiger partial charge is 0.493 e. The predicted octanol–water partition coefficient (Wildman–Crippen LogP) is 4.68. The monoisotopic (exact) mass is 327 g/mol. The molecule has 0 aliphatic heterocycles. The van der Waals surface area contributed by atoms with Crippen LogP contribution in [0.15, 0.2) is 53.3 Å². The van der Waals surface area contributed by atoms with Gasteiger partial charge in [-0.2, -0.15) is 0 Å². The van der Waals surface area contributed by atoms with Gasteiger partial charge in [0.1, 0.15) is 5.75 Å². The van der Waals surface area contributed by atoms with Crippen molar-refractivity contribution >= 4 is 21.6 Å². The zero-order valence-electron chi connectivity index (χ0n) is 13.3. The van der Waals surface area contributed by atoms with Gasteiger partial charge >= 0.3 is 0 Å². The first-order valence-corrected chi connectivity index (χ1v) is 8.86. The second kappa shape index (κ2) is 7.47. The fourth-order valence-corrected chi connectivity index (χ4v) is 3.60. The Balaban J connectivity index is 1.81. The third kappa shape index (κ3) is 3.64. The number of fused-ring (bicyclic) bond motifs is 1. The highest BCUT2D eigenvalue weighted by Crippen LogP contribution is 2.22. The van der Waals surface area contributed by atoms with Gasteiger partial charge in [-0.3, -0.25) is 8.75 Å². The maximum atomic E-state index is 12.5. The minimum absolute atomic E-state index is 0.0754. The molecule has 0 radical (unpaired) electrons. The van der Waals surface area contributed by atoms with E-state index >= 15 is 0 Å². The van der Waals surface area contributed by atoms with E-state index in [4.69, 9.17) is 4.74 Å². The first-order valence-electron chi connectivity index (χ1n) is 8.09. The molecule has 1 aromatic heterocycles. The Kier molecular flexibility index (Phi) is 5.13. The first kappa shape index (κ1) is 15.8. The zero-order valence-corrected chi connectivity index (χ0v) is 14.1. The molecule has 0 fully saturated rings. The Morgan fingerprint density at radius 1 is 1.04 bits per heavy atom. The minimum Gasteiger partial charge on any atom is -0.493 e. The summed E-state index contributed by atoms with van der Waals surface area (Å²) >= 11 is 1.51. The summed E-state index contributed by atoms with van der Waals surface area (Å²) in [5.41, 5.74) is 1.13. The number of benzene rings is 2. The lowest BCUT2D eigenvalue weighted by molar-refractivity contribution is 0.303. The van der Waals surface area contributed by atoms with Crippen LogP contribution >= 0.6 is 11.5 Å². The summed E-state index contributed by atoms with van der Waals surface area (Å²) in [7, 11) is 0. The molecule has 2 aromatic carbocycles. The average Bonchev–Trinajstić information content (AvgIpc) is 2.89. The standard InChI is InChI=1S/C19H21NO2S/c1-2-3-8-13-22-17-11-6-4-9-15(17)14-20-19(21)16-10-5-7-12-18(16)23-20/h4-7,9-12H,2-3,8,13-14H2,1H3. The van der Waals surface area contributed by atoms with E-state index in [1.807, 2.05) is 48.5 Å². The Morgan fingerprint density at radius 2 is 1.83 bits per heavy atom. The first-order chi connectivity index (χ1) is 11.3. The van der Waals surface area contributed by atoms with E-state index in [-0.39, 0.29) is 5.56 Å². The van der Waals surface area contributed by atoms with Gasteiger partial charge in [0.15, 0.2) is 0 Å². The number of nitrogens with zero attached hydrogens (tertiary/aromatic N) is 1. The molecule has 23 heavy (non-hydrogen) atoms. The van der Waals surface area contributed by atoms with Crippen molar-refractivity contribution in [1.82, 2.24) is 3.96 Å². The van der Waals surface area contributed by atoms with Gasteiger partial charge in [0.2, 0.25) is 0 Å². The second-order valence-corrected chi connectivity index (χ2v) is 6.66. The van der Waals surface area contributed by atoms with E-state index < -0.39 is 0 Å². The van der Waals surface area contributed by atoms with Gasteiger partial charge in [0, 0.05) is 5.56 Å². The molecule has 3 nitrogen and oxygen atoms in total. The topological polar surface area (TPSA) is 31.2 Å². The summed E-state index contributed by atoms with van der Waals surface area (Å²) in [5, 5.41) is 0.791. The van der Waals surface area contributed by atoms with Crippen LogP contribution in [-0.4, -0.2) is 10.6 Å². The molecule has 0 amide bonds. The molecule has 0 aliphatic rings. The molecule has 0 saturated heterocycles. The molecule has 0 atom stereocenters. The summed E-state index contributed by atoms with van der Waals surface area (Å²) in [6.45, 7) is 3.47. The van der Waals surface area contributed by atoms with Crippen LogP contribution in [0.3, 0.4) is 0 Å². The van der Waals surface area contributed by atoms with Crippen molar-refractivity contribution < 1.29 is 4.74 Å². The highest BCUT2D eigenvalue weighted by Gasteiger charge is 2.10. The number of hydrogen-bond donors (Lipinski definition) is 0. The fourth-order valence-electron chi connectivity index (χ4n) is 2.59. The van der Waals surface area contributed by atoms with Crippen molar-refractivity contribution in [3.63, 3.8) is 0 Å². The van der Waals surface area contributed by atoms with Crippen LogP contribution in [0, 0.1) is 0 Å². The third-order valence-electron chi connectivity index (χ3n) is 3.84. The van der Waals surface area contributed by atoms with Crippen molar-refractivity contribution in [2.24, 2.45) is 0 Å². The van der Waals surface area contributed by atoms with Crippen LogP contribution in [0.4, 0.5) is 0 Å². The quantitative estimate of drug-likeness (QED) is 0.590. The summed E-state index contributed by atoms with van der Waals surface area (Å²) in [6, 6.07) is 15.7. The van der Waals surface area contributed by atoms with Gasteiger partial charge in [-0.05, 0) is 24.6 Å². The summed E-state index contributed by atoms with van der Waals surface area (Å²) in [4.78, 5) is 12.5. The van der Waals surface area contributed by atoms with Gasteiger partial charge in [0.25, 0.3) is 5.56 Å². The van der Waals surface area contributed by atoms with Crippen LogP contribution in [0.5, 0.6) is 5.75 Å². The number of hydrogen-bond acceptors (Lipinski definition) is 3. The molecule has 0 aliphatic carbocycles. The van der Waals surface area contributed by atoms with Crippen LogP contribution in [0.25, 0.3) is 10.1 Å². The Hall–Kier alpha value is -2.07. The minimum atomic E-state index is 0.0754. The predicted molar refractivity (Wildman–Crippen MR) is 96.6 cm³/mol. The number of unbranched alkanes of at least 4 members (excludes halogenated alkanes) is 2. The molecule has 120 valence electrons. The van der Waals surface area contributed by atoms with E-state index in [0.717, 1.165) is 34.4 Å². The van der Waals surface area contributed by atoms with Crippen LogP contribution in [0.2, 0.25) is 0 Å². The lowest BCUT2D eigenvalue weighted by Gasteiger charge is -2.11. The van der Waals surface area contributed by atoms with E-state index in [9.17, 15) is 4.79 Å². The fraction of sp³-hybridized carbons (Fsp3) is 0.316. The number of rotatable bonds is 7. The van der Waals surface area contributed by atoms with Gasteiger partial charge < -0.3 is 4.74 Å². The van der Waals surface area contributed by atoms with Crippen molar-refractivity contribution in [3.8, 4) is 5.75 Å². The highest BCUT2D eigenvalue weighted by molar-refractivity contribution is 7.13. The smallest absolute Gasteiger partial charge is 0.268 e. The van der Waals surface area contributed by atoms with E-state index in [1.54, 1.807) is 3.96 Å². The van der Waals surface area contributed by atoms with Crippen molar-refractivity contribution in [3.05, 3.63) is 64.4 Å². The van der Waals surface area contributed by atoms with Crippen molar-refractivity contribution in [1.29, 1.82) is 0 Å². The third-order valence-corrected chi connectivity index (χ3v) is 4.91. The molecule has 0 saturated carbocycles. The Bertz CT molecular complexity index is 835. The van der Waals surface area contributed by atoms with E-state index in [2.05, 4.69) is 6.92 Å². The van der Waals surface area contributed by atoms with Crippen LogP contribution in [0.1, 0.15) is 31.7 Å². The summed E-state index contributed by atoms with van der Waals surface area (Å²) in [5.74, 6) is 0.882. The highest BCUT2D eigenvalue weighted by atomic mass is 32.1. The Morgan fingerprint density at radius 3 is 2.65 bits per heavy atom. The number of ether oxygens (including phenoxy) is 1. The molecule has 0 unspecified atom stereocenters. The molecule has 0 spiro atoms. The molecule has 4 heteroatoms. The SMILES string of the molecule is CCCCCOc1ccccc1Cn1sc2ccccc2c1=O. The summed E-state index contributed by atoms with van der Waals surface area (Å²) < 4.78 is 8.75. The van der Waals surface area contributed by atoms with Crippen LogP contribution in [-0.2, 0) is 6.54 Å². The van der Waals surface area contributed by atoms with Crippen molar-refractivity contribution in [2.45, 2.75) is 32.7 Å². The van der Waals surface area contributed by atoms with Gasteiger partial charge in [0.05, 0.1) is 23.2 Å². The normalized spacial score (nSPS) is 11.0. The van der Waals surface area contributed by atoms with E-state index in [1.165, 1.54) is 24.4 Å². The lowest BCUT2D eigenvalue weighted by atomic mass is 10.2. The average molecular weight is 327 g/mol. The maximum Gasteiger partial charge on any atom is 0.268 e. The zero-order chi connectivity index (χ0) is 16.1. The van der Waals surface area contributed by atoms with Gasteiger partial charge in [-0.25, -0.2) is 0 Å². The van der Waals surface area contributed by atoms with E-state index in [0.29, 0.717) is 6.54 Å². The number of aromatic nitrogens is 1. The molecule has 0 N–H and O–H groups in total. The molecular formula is C19H21NO2S. The molecule has 3 aromatic rings. The van der Waals surface area contributed by atoms with Gasteiger partial charge in [-0.15, -0.1) is 0 Å². The Labute approximate surface area is 140 Å². The lowest BCUT2D eigenvalue weighted by Crippen LogP contribution is -2.14. The van der Waals surface area contributed by atoms with Gasteiger partial charge in [-0.1, -0.05) is 61.6 Å². The van der Waals surface area contributed by atoms with Crippen molar-refractivity contribution in [2.75, 3.05) is 6.61 Å². The molecule has 3 rings (SSSR count).